The number of hydrogen-bond acceptors (Lipinski definition) is 7. The topological polar surface area (TPSA) is 127 Å². The molecule has 0 atom stereocenters. The van der Waals surface area contributed by atoms with Gasteiger partial charge in [-0.3, -0.25) is 9.36 Å². The van der Waals surface area contributed by atoms with Gasteiger partial charge in [-0.2, -0.15) is 23.5 Å². The maximum atomic E-state index is 13.8. The lowest BCUT2D eigenvalue weighted by atomic mass is 9.96. The van der Waals surface area contributed by atoms with Gasteiger partial charge in [-0.15, -0.1) is 0 Å². The van der Waals surface area contributed by atoms with Crippen molar-refractivity contribution in [3.05, 3.63) is 112 Å². The number of imidazole rings is 1. The van der Waals surface area contributed by atoms with Gasteiger partial charge >= 0.3 is 17.9 Å². The summed E-state index contributed by atoms with van der Waals surface area (Å²) in [6.07, 6.45) is 6.36. The van der Waals surface area contributed by atoms with Crippen molar-refractivity contribution in [2.75, 3.05) is 41.3 Å². The number of carbonyl (C=O) groups is 2. The third-order valence-electron chi connectivity index (χ3n) is 10.1. The van der Waals surface area contributed by atoms with Crippen LogP contribution < -0.4 is 11.0 Å². The molecule has 0 spiro atoms. The number of amides is 2. The number of alkyl halides is 3. The summed E-state index contributed by atoms with van der Waals surface area (Å²) in [4.78, 5) is 40.5. The van der Waals surface area contributed by atoms with Crippen molar-refractivity contribution in [2.45, 2.75) is 70.1 Å². The van der Waals surface area contributed by atoms with Gasteiger partial charge in [0.15, 0.2) is 0 Å². The van der Waals surface area contributed by atoms with Gasteiger partial charge in [0.05, 0.1) is 80.5 Å². The minimum Gasteiger partial charge on any atom is -0.345 e. The lowest BCUT2D eigenvalue weighted by Gasteiger charge is -2.39. The average molecular weight is 822 g/mol. The number of benzene rings is 2. The van der Waals surface area contributed by atoms with Crippen molar-refractivity contribution < 1.29 is 31.4 Å². The van der Waals surface area contributed by atoms with Crippen LogP contribution in [0.1, 0.15) is 61.8 Å². The molecule has 2 aromatic carbocycles. The van der Waals surface area contributed by atoms with Crippen molar-refractivity contribution in [1.29, 1.82) is 5.26 Å². The van der Waals surface area contributed by atoms with Crippen LogP contribution in [-0.4, -0.2) is 94.2 Å². The van der Waals surface area contributed by atoms with Crippen LogP contribution in [0.2, 0.25) is 0 Å². The third kappa shape index (κ3) is 11.6. The molecule has 1 N–H and O–H groups in total. The van der Waals surface area contributed by atoms with Crippen molar-refractivity contribution in [3.63, 3.8) is 0 Å². The number of carbonyl (C=O) groups excluding carboxylic acids is 2. The van der Waals surface area contributed by atoms with E-state index in [1.165, 1.54) is 35.1 Å². The Morgan fingerprint density at radius 2 is 1.69 bits per heavy atom. The maximum Gasteiger partial charge on any atom is 0.416 e. The van der Waals surface area contributed by atoms with Crippen LogP contribution in [0.15, 0.2) is 89.7 Å². The van der Waals surface area contributed by atoms with E-state index in [-0.39, 0.29) is 23.1 Å². The Morgan fingerprint density at radius 1 is 1.03 bits per heavy atom. The fourth-order valence-electron chi connectivity index (χ4n) is 6.98. The van der Waals surface area contributed by atoms with Gasteiger partial charge < -0.3 is 18.9 Å². The molecule has 1 aliphatic heterocycles. The van der Waals surface area contributed by atoms with Gasteiger partial charge in [-0.1, -0.05) is 44.6 Å². The highest BCUT2D eigenvalue weighted by Gasteiger charge is 2.33. The van der Waals surface area contributed by atoms with E-state index in [2.05, 4.69) is 55.0 Å². The number of halogens is 3. The summed E-state index contributed by atoms with van der Waals surface area (Å²) in [6, 6.07) is 14.7. The van der Waals surface area contributed by atoms with Crippen molar-refractivity contribution in [1.82, 2.24) is 29.1 Å². The van der Waals surface area contributed by atoms with Crippen LogP contribution in [0.3, 0.4) is 0 Å². The quantitative estimate of drug-likeness (QED) is 0.0788. The number of hydrogen-bond donors (Lipinski definition) is 1. The second-order valence-electron chi connectivity index (χ2n) is 14.9. The van der Waals surface area contributed by atoms with Gasteiger partial charge in [-0.05, 0) is 68.3 Å². The van der Waals surface area contributed by atoms with E-state index in [0.717, 1.165) is 101 Å². The Labute approximate surface area is 342 Å². The highest BCUT2D eigenvalue weighted by molar-refractivity contribution is 7.98. The molecular formula is C42H52F3N8O4S+. The van der Waals surface area contributed by atoms with E-state index in [4.69, 9.17) is 5.26 Å². The minimum absolute atomic E-state index is 0.0118. The number of likely N-dealkylation sites (tertiary alicyclic amines) is 1. The number of nitrogens with zero attached hydrogens (tertiary/aromatic N) is 7. The number of nitriles is 1. The molecule has 16 heteroatoms. The monoisotopic (exact) mass is 821 g/mol. The molecule has 1 saturated carbocycles. The predicted octanol–water partition coefficient (Wildman–Crippen LogP) is 7.88. The molecule has 310 valence electrons. The van der Waals surface area contributed by atoms with Gasteiger partial charge in [0.1, 0.15) is 5.69 Å². The molecule has 3 heterocycles. The van der Waals surface area contributed by atoms with E-state index in [1.807, 2.05) is 4.90 Å². The van der Waals surface area contributed by atoms with E-state index in [1.54, 1.807) is 50.4 Å². The van der Waals surface area contributed by atoms with E-state index in [0.29, 0.717) is 16.9 Å². The van der Waals surface area contributed by atoms with Crippen LogP contribution in [0.25, 0.3) is 22.8 Å². The molecular weight excluding hydrogens is 770 g/mol. The second kappa shape index (κ2) is 20.4. The molecule has 1 saturated heterocycles. The summed E-state index contributed by atoms with van der Waals surface area (Å²) >= 11 is 1.22. The molecule has 0 radical (unpaired) electrons. The average Bonchev–Trinajstić information content (AvgIpc) is 3.79. The molecule has 2 amide bonds. The summed E-state index contributed by atoms with van der Waals surface area (Å²) in [7, 11) is 8.27. The van der Waals surface area contributed by atoms with Gasteiger partial charge in [0.2, 0.25) is 6.41 Å². The van der Waals surface area contributed by atoms with Crippen LogP contribution in [0.4, 0.5) is 18.0 Å². The lowest BCUT2D eigenvalue weighted by Crippen LogP contribution is -2.50. The van der Waals surface area contributed by atoms with Crippen molar-refractivity contribution >= 4 is 24.5 Å². The summed E-state index contributed by atoms with van der Waals surface area (Å²) in [5.74, 6) is 0. The molecule has 58 heavy (non-hydrogen) atoms. The van der Waals surface area contributed by atoms with Crippen molar-refractivity contribution in [3.8, 4) is 28.8 Å². The van der Waals surface area contributed by atoms with E-state index in [9.17, 15) is 27.6 Å². The van der Waals surface area contributed by atoms with E-state index < -0.39 is 23.5 Å². The molecule has 4 aromatic rings. The first-order valence-corrected chi connectivity index (χ1v) is 19.7. The second-order valence-corrected chi connectivity index (χ2v) is 15.9. The minimum atomic E-state index is -4.61. The number of nitrogens with one attached hydrogen (secondary N) is 1. The number of quaternary nitrogens is 1. The lowest BCUT2D eigenvalue weighted by molar-refractivity contribution is -0.897. The molecule has 2 fully saturated rings. The summed E-state index contributed by atoms with van der Waals surface area (Å²) in [6.45, 7) is 10.5. The van der Waals surface area contributed by atoms with Crippen LogP contribution in [0, 0.1) is 18.3 Å². The zero-order valence-electron chi connectivity index (χ0n) is 33.7. The Kier molecular flexibility index (Phi) is 15.9. The third-order valence-corrected chi connectivity index (χ3v) is 10.7. The first-order valence-electron chi connectivity index (χ1n) is 18.9. The molecule has 0 bridgehead atoms. The first kappa shape index (κ1) is 45.3. The maximum absolute atomic E-state index is 13.8. The summed E-state index contributed by atoms with van der Waals surface area (Å²) in [5.41, 5.74) is 0.176. The SMILES string of the molecule is C=CC(=C)SOC.C[N+](C)(C)C1CCN(C=O)CC1.Cc1c(-c2ccnn2-c2ccc(C#N)cc2)n(C(=O)NC2CCCCC2)c(=O)n1-c1cccc(C(F)(F)F)c1. The summed E-state index contributed by atoms with van der Waals surface area (Å²) < 4.78 is 49.7. The standard InChI is InChI=1S/C28H25F3N6O2.C9H19N2O.C5H8OS/c1-18-25(24-14-15-33-37(24)22-12-10-19(17-32)11-13-22)36(26(38)34-21-7-3-2-4-8-21)27(39)35(18)23-9-5-6-20(16-23)28(29,30)31;1-11(2,3)9-4-6-10(8-12)7-5-9;1-4-5(2)7-6-3/h5-6,9-16,21H,2-4,7-8H2,1H3,(H,34,38);8-9H,4-7H2,1-3H3;4H,1-2H2,3H3/q;+1;. The van der Waals surface area contributed by atoms with Crippen LogP contribution >= 0.6 is 12.0 Å². The molecule has 2 aromatic heterocycles. The molecule has 1 aliphatic carbocycles. The fourth-order valence-corrected chi connectivity index (χ4v) is 7.26. The molecule has 6 rings (SSSR count). The van der Waals surface area contributed by atoms with Gasteiger partial charge in [0, 0.05) is 48.9 Å². The van der Waals surface area contributed by atoms with Gasteiger partial charge in [-0.25, -0.2) is 18.8 Å². The zero-order chi connectivity index (χ0) is 42.6. The van der Waals surface area contributed by atoms with Crippen molar-refractivity contribution in [2.24, 2.45) is 0 Å². The van der Waals surface area contributed by atoms with Crippen LogP contribution in [-0.2, 0) is 15.2 Å². The predicted molar refractivity (Wildman–Crippen MR) is 220 cm³/mol. The normalized spacial score (nSPS) is 14.9. The number of rotatable bonds is 9. The zero-order valence-corrected chi connectivity index (χ0v) is 34.5. The van der Waals surface area contributed by atoms with Gasteiger partial charge in [0.25, 0.3) is 0 Å². The Hall–Kier alpha value is -5.37. The van der Waals surface area contributed by atoms with Crippen LogP contribution in [0.5, 0.6) is 0 Å². The highest BCUT2D eigenvalue weighted by Crippen LogP contribution is 2.32. The Balaban J connectivity index is 0.000000322. The van der Waals surface area contributed by atoms with E-state index >= 15 is 0 Å². The molecule has 12 nitrogen and oxygen atoms in total. The number of piperidine rings is 1. The largest absolute Gasteiger partial charge is 0.416 e. The Morgan fingerprint density at radius 3 is 2.22 bits per heavy atom. The highest BCUT2D eigenvalue weighted by atomic mass is 32.2. The first-order chi connectivity index (χ1) is 27.5. The summed E-state index contributed by atoms with van der Waals surface area (Å²) in [5, 5.41) is 16.5. The smallest absolute Gasteiger partial charge is 0.345 e. The molecule has 2 aliphatic rings. The number of allylic oxidation sites excluding steroid dienone is 1. The molecule has 0 unspecified atom stereocenters. The fraction of sp³-hybridized carbons (Fsp3) is 0.405. The number of aromatic nitrogens is 4. The Bertz CT molecular complexity index is 2130.